The number of rotatable bonds is 6. The first kappa shape index (κ1) is 23.0. The number of aromatic nitrogens is 2. The Kier molecular flexibility index (Phi) is 5.54. The first-order valence-corrected chi connectivity index (χ1v) is 12.4. The molecule has 0 unspecified atom stereocenters. The van der Waals surface area contributed by atoms with Crippen LogP contribution in [0.4, 0.5) is 0 Å². The molecule has 0 fully saturated rings. The fourth-order valence-corrected chi connectivity index (χ4v) is 5.55. The minimum absolute atomic E-state index is 0.364. The van der Waals surface area contributed by atoms with Gasteiger partial charge in [-0.3, -0.25) is 14.9 Å². The molecule has 0 saturated carbocycles. The van der Waals surface area contributed by atoms with E-state index in [9.17, 15) is 9.59 Å². The lowest BCUT2D eigenvalue weighted by molar-refractivity contribution is -0.122. The number of benzene rings is 3. The zero-order chi connectivity index (χ0) is 25.7. The molecule has 1 aliphatic rings. The molecule has 3 heterocycles. The van der Waals surface area contributed by atoms with Crippen molar-refractivity contribution in [2.24, 2.45) is 0 Å². The number of hydrogen-bond acceptors (Lipinski definition) is 3. The SMILES string of the molecule is Cc1[nH]c2ccccc2c1C1=C(c2c(Cc3cccc(CN(C)C)c3)[nH]c3ccccc23)C(=O)NC1=O. The Morgan fingerprint density at radius 3 is 2.00 bits per heavy atom. The third-order valence-electron chi connectivity index (χ3n) is 6.98. The lowest BCUT2D eigenvalue weighted by atomic mass is 9.91. The summed E-state index contributed by atoms with van der Waals surface area (Å²) in [6.45, 7) is 2.79. The number of para-hydroxylation sites is 2. The maximum absolute atomic E-state index is 13.4. The summed E-state index contributed by atoms with van der Waals surface area (Å²) in [7, 11) is 4.11. The molecule has 0 saturated heterocycles. The maximum Gasteiger partial charge on any atom is 0.259 e. The van der Waals surface area contributed by atoms with E-state index in [4.69, 9.17) is 0 Å². The molecule has 6 rings (SSSR count). The van der Waals surface area contributed by atoms with Gasteiger partial charge in [-0.05, 0) is 44.3 Å². The van der Waals surface area contributed by atoms with Gasteiger partial charge in [0.25, 0.3) is 11.8 Å². The van der Waals surface area contributed by atoms with Crippen molar-refractivity contribution in [2.45, 2.75) is 19.9 Å². The van der Waals surface area contributed by atoms with E-state index in [0.717, 1.165) is 56.4 Å². The molecule has 0 radical (unpaired) electrons. The molecule has 2 aromatic heterocycles. The summed E-state index contributed by atoms with van der Waals surface area (Å²) in [4.78, 5) is 35.8. The van der Waals surface area contributed by atoms with E-state index >= 15 is 0 Å². The third-order valence-corrected chi connectivity index (χ3v) is 6.98. The highest BCUT2D eigenvalue weighted by molar-refractivity contribution is 6.51. The van der Waals surface area contributed by atoms with Gasteiger partial charge in [0, 0.05) is 57.3 Å². The van der Waals surface area contributed by atoms with E-state index in [2.05, 4.69) is 58.5 Å². The van der Waals surface area contributed by atoms with Crippen LogP contribution in [-0.2, 0) is 22.6 Å². The van der Waals surface area contributed by atoms with Crippen molar-refractivity contribution < 1.29 is 9.59 Å². The quantitative estimate of drug-likeness (QED) is 0.288. The van der Waals surface area contributed by atoms with E-state index in [-0.39, 0.29) is 11.8 Å². The summed E-state index contributed by atoms with van der Waals surface area (Å²) >= 11 is 0. The van der Waals surface area contributed by atoms with Gasteiger partial charge in [-0.25, -0.2) is 0 Å². The molecular weight excluding hydrogens is 460 g/mol. The van der Waals surface area contributed by atoms with Crippen LogP contribution >= 0.6 is 0 Å². The monoisotopic (exact) mass is 488 g/mol. The third kappa shape index (κ3) is 3.96. The number of fused-ring (bicyclic) bond motifs is 2. The summed E-state index contributed by atoms with van der Waals surface area (Å²) in [5.41, 5.74) is 8.43. The molecule has 184 valence electrons. The topological polar surface area (TPSA) is 81.0 Å². The highest BCUT2D eigenvalue weighted by Crippen LogP contribution is 2.41. The number of aromatic amines is 2. The summed E-state index contributed by atoms with van der Waals surface area (Å²) in [6.07, 6.45) is 0.608. The van der Waals surface area contributed by atoms with E-state index < -0.39 is 0 Å². The molecule has 2 amide bonds. The van der Waals surface area contributed by atoms with E-state index in [0.29, 0.717) is 17.6 Å². The second-order valence-electron chi connectivity index (χ2n) is 9.96. The average molecular weight is 489 g/mol. The van der Waals surface area contributed by atoms with Gasteiger partial charge in [0.1, 0.15) is 0 Å². The van der Waals surface area contributed by atoms with Gasteiger partial charge >= 0.3 is 0 Å². The van der Waals surface area contributed by atoms with Crippen LogP contribution in [0.2, 0.25) is 0 Å². The molecule has 3 aromatic carbocycles. The summed E-state index contributed by atoms with van der Waals surface area (Å²) in [5.74, 6) is -0.728. The minimum atomic E-state index is -0.364. The van der Waals surface area contributed by atoms with Gasteiger partial charge in [-0.15, -0.1) is 0 Å². The Morgan fingerprint density at radius 1 is 0.703 bits per heavy atom. The highest BCUT2D eigenvalue weighted by Gasteiger charge is 2.36. The van der Waals surface area contributed by atoms with Crippen molar-refractivity contribution in [3.63, 3.8) is 0 Å². The van der Waals surface area contributed by atoms with E-state index in [1.165, 1.54) is 5.56 Å². The van der Waals surface area contributed by atoms with Crippen LogP contribution in [0.1, 0.15) is 33.6 Å². The van der Waals surface area contributed by atoms with Crippen molar-refractivity contribution in [1.82, 2.24) is 20.2 Å². The van der Waals surface area contributed by atoms with Crippen LogP contribution in [0.3, 0.4) is 0 Å². The Labute approximate surface area is 215 Å². The van der Waals surface area contributed by atoms with Crippen molar-refractivity contribution in [3.8, 4) is 0 Å². The number of H-pyrrole nitrogens is 2. The number of hydrogen-bond donors (Lipinski definition) is 3. The van der Waals surface area contributed by atoms with Crippen molar-refractivity contribution in [1.29, 1.82) is 0 Å². The second kappa shape index (κ2) is 8.91. The smallest absolute Gasteiger partial charge is 0.259 e. The zero-order valence-electron chi connectivity index (χ0n) is 21.1. The number of aryl methyl sites for hydroxylation is 1. The average Bonchev–Trinajstić information content (AvgIpc) is 3.47. The van der Waals surface area contributed by atoms with Crippen LogP contribution in [0.25, 0.3) is 33.0 Å². The molecule has 5 aromatic rings. The lowest BCUT2D eigenvalue weighted by Gasteiger charge is -2.12. The molecule has 1 aliphatic heterocycles. The molecule has 37 heavy (non-hydrogen) atoms. The molecule has 3 N–H and O–H groups in total. The molecule has 0 atom stereocenters. The first-order chi connectivity index (χ1) is 17.9. The largest absolute Gasteiger partial charge is 0.358 e. The fraction of sp³-hybridized carbons (Fsp3) is 0.161. The Morgan fingerprint density at radius 2 is 1.30 bits per heavy atom. The summed E-state index contributed by atoms with van der Waals surface area (Å²) < 4.78 is 0. The number of carbonyl (C=O) groups is 2. The molecular formula is C31H28N4O2. The minimum Gasteiger partial charge on any atom is -0.358 e. The fourth-order valence-electron chi connectivity index (χ4n) is 5.55. The van der Waals surface area contributed by atoms with Gasteiger partial charge in [-0.2, -0.15) is 0 Å². The summed E-state index contributed by atoms with van der Waals surface area (Å²) in [6, 6.07) is 24.3. The zero-order valence-corrected chi connectivity index (χ0v) is 21.1. The van der Waals surface area contributed by atoms with Crippen molar-refractivity contribution >= 4 is 44.8 Å². The van der Waals surface area contributed by atoms with Crippen molar-refractivity contribution in [3.05, 3.63) is 106 Å². The van der Waals surface area contributed by atoms with Gasteiger partial charge in [0.05, 0.1) is 11.1 Å². The molecule has 0 aliphatic carbocycles. The predicted molar refractivity (Wildman–Crippen MR) is 148 cm³/mol. The number of carbonyl (C=O) groups excluding carboxylic acids is 2. The number of nitrogens with zero attached hydrogens (tertiary/aromatic N) is 1. The highest BCUT2D eigenvalue weighted by atomic mass is 16.2. The lowest BCUT2D eigenvalue weighted by Crippen LogP contribution is -2.23. The summed E-state index contributed by atoms with van der Waals surface area (Å²) in [5, 5.41) is 4.44. The standard InChI is InChI=1S/C31H28N4O2/c1-18-26(21-11-4-6-13-23(21)32-18)28-29(31(37)34-30(28)36)27-22-12-5-7-14-24(22)33-25(27)16-19-9-8-10-20(15-19)17-35(2)3/h4-15,32-33H,16-17H2,1-3H3,(H,34,36,37). The Bertz CT molecular complexity index is 1730. The molecule has 0 spiro atoms. The number of amides is 2. The van der Waals surface area contributed by atoms with Crippen molar-refractivity contribution in [2.75, 3.05) is 14.1 Å². The molecule has 0 bridgehead atoms. The Balaban J connectivity index is 1.58. The van der Waals surface area contributed by atoms with Gasteiger partial charge in [0.2, 0.25) is 0 Å². The van der Waals surface area contributed by atoms with E-state index in [1.54, 1.807) is 0 Å². The van der Waals surface area contributed by atoms with Gasteiger partial charge < -0.3 is 14.9 Å². The molecule has 6 nitrogen and oxygen atoms in total. The first-order valence-electron chi connectivity index (χ1n) is 12.4. The predicted octanol–water partition coefficient (Wildman–Crippen LogP) is 5.18. The number of nitrogens with one attached hydrogen (secondary N) is 3. The van der Waals surface area contributed by atoms with Crippen LogP contribution in [0, 0.1) is 6.92 Å². The van der Waals surface area contributed by atoms with E-state index in [1.807, 2.05) is 55.5 Å². The van der Waals surface area contributed by atoms with Crippen LogP contribution in [0.5, 0.6) is 0 Å². The van der Waals surface area contributed by atoms with Gasteiger partial charge in [0.15, 0.2) is 0 Å². The number of imide groups is 1. The maximum atomic E-state index is 13.4. The van der Waals surface area contributed by atoms with Crippen LogP contribution in [-0.4, -0.2) is 40.8 Å². The van der Waals surface area contributed by atoms with Crippen LogP contribution in [0.15, 0.2) is 72.8 Å². The van der Waals surface area contributed by atoms with Crippen LogP contribution < -0.4 is 5.32 Å². The Hall–Kier alpha value is -4.42. The normalized spacial score (nSPS) is 13.9. The second-order valence-corrected chi connectivity index (χ2v) is 9.96. The molecule has 6 heteroatoms. The van der Waals surface area contributed by atoms with Gasteiger partial charge in [-0.1, -0.05) is 60.7 Å².